The molecular weight excluding hydrogens is 408 g/mol. The first-order chi connectivity index (χ1) is 16.2. The Kier molecular flexibility index (Phi) is 6.76. The van der Waals surface area contributed by atoms with Crippen LogP contribution in [0.4, 0.5) is 0 Å². The molecule has 3 nitrogen and oxygen atoms in total. The van der Waals surface area contributed by atoms with E-state index in [9.17, 15) is 9.59 Å². The average Bonchev–Trinajstić information content (AvgIpc) is 2.87. The summed E-state index contributed by atoms with van der Waals surface area (Å²) in [4.78, 5) is 25.3. The van der Waals surface area contributed by atoms with E-state index in [0.717, 1.165) is 11.1 Å². The summed E-state index contributed by atoms with van der Waals surface area (Å²) in [7, 11) is 0. The summed E-state index contributed by atoms with van der Waals surface area (Å²) >= 11 is 0. The van der Waals surface area contributed by atoms with Crippen LogP contribution in [0, 0.1) is 23.7 Å². The van der Waals surface area contributed by atoms with E-state index < -0.39 is 11.8 Å². The van der Waals surface area contributed by atoms with E-state index >= 15 is 0 Å². The van der Waals surface area contributed by atoms with Gasteiger partial charge in [-0.2, -0.15) is 0 Å². The quantitative estimate of drug-likeness (QED) is 0.147. The van der Waals surface area contributed by atoms with Crippen LogP contribution in [0.2, 0.25) is 0 Å². The van der Waals surface area contributed by atoms with Crippen LogP contribution in [0.25, 0.3) is 0 Å². The van der Waals surface area contributed by atoms with E-state index in [2.05, 4.69) is 23.7 Å². The van der Waals surface area contributed by atoms with Gasteiger partial charge in [0.05, 0.1) is 0 Å². The van der Waals surface area contributed by atoms with E-state index in [1.807, 2.05) is 60.7 Å². The molecule has 0 fully saturated rings. The van der Waals surface area contributed by atoms with Crippen LogP contribution in [-0.4, -0.2) is 11.8 Å². The molecule has 4 aromatic rings. The first-order valence-corrected chi connectivity index (χ1v) is 10.3. The van der Waals surface area contributed by atoms with Gasteiger partial charge < -0.3 is 4.74 Å². The number of rotatable bonds is 3. The minimum atomic E-state index is -0.962. The number of carbonyl (C=O) groups is 2. The van der Waals surface area contributed by atoms with Crippen molar-refractivity contribution in [3.05, 3.63) is 137 Å². The minimum Gasteiger partial charge on any atom is -0.421 e. The summed E-state index contributed by atoms with van der Waals surface area (Å²) < 4.78 is 5.21. The zero-order chi connectivity index (χ0) is 22.9. The van der Waals surface area contributed by atoms with Gasteiger partial charge in [-0.05, 0) is 54.6 Å². The number of ether oxygens (including phenoxy) is 1. The van der Waals surface area contributed by atoms with Gasteiger partial charge in [-0.1, -0.05) is 78.3 Å². The third kappa shape index (κ3) is 6.07. The van der Waals surface area contributed by atoms with Gasteiger partial charge in [0.2, 0.25) is 0 Å². The maximum Gasteiger partial charge on any atom is 0.385 e. The molecule has 0 heterocycles. The lowest BCUT2D eigenvalue weighted by molar-refractivity contribution is -0.129. The topological polar surface area (TPSA) is 43.4 Å². The van der Waals surface area contributed by atoms with Crippen molar-refractivity contribution >= 4 is 11.8 Å². The summed E-state index contributed by atoms with van der Waals surface area (Å²) in [5.41, 5.74) is 3.02. The lowest BCUT2D eigenvalue weighted by Gasteiger charge is -2.05. The molecule has 0 saturated heterocycles. The molecule has 4 aromatic carbocycles. The molecule has 0 aromatic heterocycles. The Morgan fingerprint density at radius 1 is 0.515 bits per heavy atom. The van der Waals surface area contributed by atoms with E-state index in [1.54, 1.807) is 48.5 Å². The number of hydrogen-bond donors (Lipinski definition) is 0. The monoisotopic (exact) mass is 426 g/mol. The Bertz CT molecular complexity index is 1320. The molecule has 156 valence electrons. The second-order valence-corrected chi connectivity index (χ2v) is 7.06. The van der Waals surface area contributed by atoms with Crippen LogP contribution in [-0.2, 0) is 4.79 Å². The Hall–Kier alpha value is -4.86. The molecule has 0 spiro atoms. The second-order valence-electron chi connectivity index (χ2n) is 7.06. The third-order valence-corrected chi connectivity index (χ3v) is 4.58. The summed E-state index contributed by atoms with van der Waals surface area (Å²) in [6.45, 7) is 0. The fraction of sp³-hybridized carbons (Fsp3) is 0. The SMILES string of the molecule is O=C(Oc1ccccc1)C(=O)c1cc(C#Cc2ccccc2)cc(C#Cc2ccccc2)c1. The van der Waals surface area contributed by atoms with Gasteiger partial charge in [0.15, 0.2) is 0 Å². The Morgan fingerprint density at radius 2 is 0.939 bits per heavy atom. The van der Waals surface area contributed by atoms with Gasteiger partial charge >= 0.3 is 5.97 Å². The number of carbonyl (C=O) groups excluding carboxylic acids is 2. The molecule has 0 N–H and O–H groups in total. The number of esters is 1. The molecule has 0 amide bonds. The highest BCUT2D eigenvalue weighted by molar-refractivity contribution is 6.41. The molecular formula is C30H18O3. The summed E-state index contributed by atoms with van der Waals surface area (Å²) in [6, 6.07) is 32.5. The van der Waals surface area contributed by atoms with Crippen LogP contribution < -0.4 is 4.74 Å². The molecule has 33 heavy (non-hydrogen) atoms. The molecule has 0 radical (unpaired) electrons. The lowest BCUT2D eigenvalue weighted by Crippen LogP contribution is -2.20. The Labute approximate surface area is 192 Å². The first-order valence-electron chi connectivity index (χ1n) is 10.3. The van der Waals surface area contributed by atoms with Gasteiger partial charge in [0.1, 0.15) is 5.75 Å². The van der Waals surface area contributed by atoms with E-state index in [-0.39, 0.29) is 5.56 Å². The average molecular weight is 426 g/mol. The molecule has 0 saturated carbocycles. The van der Waals surface area contributed by atoms with Crippen molar-refractivity contribution < 1.29 is 14.3 Å². The van der Waals surface area contributed by atoms with E-state index in [4.69, 9.17) is 4.74 Å². The van der Waals surface area contributed by atoms with Crippen LogP contribution in [0.15, 0.2) is 109 Å². The van der Waals surface area contributed by atoms with Crippen molar-refractivity contribution in [1.29, 1.82) is 0 Å². The van der Waals surface area contributed by atoms with Crippen LogP contribution in [0.5, 0.6) is 5.75 Å². The van der Waals surface area contributed by atoms with Crippen LogP contribution in [0.1, 0.15) is 32.6 Å². The maximum atomic E-state index is 12.8. The predicted molar refractivity (Wildman–Crippen MR) is 128 cm³/mol. The largest absolute Gasteiger partial charge is 0.421 e. The summed E-state index contributed by atoms with van der Waals surface area (Å²) in [5.74, 6) is 10.9. The normalized spacial score (nSPS) is 9.58. The highest BCUT2D eigenvalue weighted by atomic mass is 16.5. The van der Waals surface area contributed by atoms with Crippen molar-refractivity contribution in [2.24, 2.45) is 0 Å². The van der Waals surface area contributed by atoms with Gasteiger partial charge in [0, 0.05) is 27.8 Å². The molecule has 0 unspecified atom stereocenters. The minimum absolute atomic E-state index is 0.174. The van der Waals surface area contributed by atoms with Gasteiger partial charge in [-0.15, -0.1) is 0 Å². The zero-order valence-corrected chi connectivity index (χ0v) is 17.6. The molecule has 4 rings (SSSR count). The highest BCUT2D eigenvalue weighted by Crippen LogP contribution is 2.14. The van der Waals surface area contributed by atoms with Crippen LogP contribution >= 0.6 is 0 Å². The number of ketones is 1. The fourth-order valence-corrected chi connectivity index (χ4v) is 2.99. The molecule has 0 bridgehead atoms. The van der Waals surface area contributed by atoms with Crippen molar-refractivity contribution in [2.75, 3.05) is 0 Å². The molecule has 0 aliphatic rings. The smallest absolute Gasteiger partial charge is 0.385 e. The van der Waals surface area contributed by atoms with Gasteiger partial charge in [-0.3, -0.25) is 4.79 Å². The first kappa shape index (κ1) is 21.4. The fourth-order valence-electron chi connectivity index (χ4n) is 2.99. The van der Waals surface area contributed by atoms with Crippen molar-refractivity contribution in [3.63, 3.8) is 0 Å². The van der Waals surface area contributed by atoms with Gasteiger partial charge in [-0.25, -0.2) is 4.79 Å². The summed E-state index contributed by atoms with van der Waals surface area (Å²) in [5, 5.41) is 0. The molecule has 0 aliphatic heterocycles. The Morgan fingerprint density at radius 3 is 1.42 bits per heavy atom. The molecule has 3 heteroatoms. The maximum absolute atomic E-state index is 12.8. The number of hydrogen-bond acceptors (Lipinski definition) is 3. The van der Waals surface area contributed by atoms with Crippen molar-refractivity contribution in [3.8, 4) is 29.4 Å². The van der Waals surface area contributed by atoms with Crippen molar-refractivity contribution in [2.45, 2.75) is 0 Å². The standard InChI is InChI=1S/C30H18O3/c31-29(30(32)33-28-14-8-3-9-15-28)27-21-25(18-16-23-10-4-1-5-11-23)20-26(22-27)19-17-24-12-6-2-7-13-24/h1-15,20-22H. The number of Topliss-reactive ketones (excluding diaryl/α,β-unsaturated/α-hetero) is 1. The summed E-state index contributed by atoms with van der Waals surface area (Å²) in [6.07, 6.45) is 0. The second kappa shape index (κ2) is 10.4. The lowest BCUT2D eigenvalue weighted by atomic mass is 10.0. The number of para-hydroxylation sites is 1. The van der Waals surface area contributed by atoms with E-state index in [1.165, 1.54) is 0 Å². The highest BCUT2D eigenvalue weighted by Gasteiger charge is 2.19. The molecule has 0 atom stereocenters. The number of benzene rings is 4. The van der Waals surface area contributed by atoms with Gasteiger partial charge in [0.25, 0.3) is 5.78 Å². The van der Waals surface area contributed by atoms with E-state index in [0.29, 0.717) is 16.9 Å². The molecule has 0 aliphatic carbocycles. The van der Waals surface area contributed by atoms with Crippen LogP contribution in [0.3, 0.4) is 0 Å². The van der Waals surface area contributed by atoms with Crippen molar-refractivity contribution in [1.82, 2.24) is 0 Å². The predicted octanol–water partition coefficient (Wildman–Crippen LogP) is 5.27. The zero-order valence-electron chi connectivity index (χ0n) is 17.6. The Balaban J connectivity index is 1.68. The third-order valence-electron chi connectivity index (χ3n) is 4.58.